The van der Waals surface area contributed by atoms with Gasteiger partial charge in [0.05, 0.1) is 5.56 Å². The number of aromatic nitrogens is 1. The molecule has 0 spiro atoms. The first kappa shape index (κ1) is 13.2. The number of alkyl halides is 3. The third-order valence-corrected chi connectivity index (χ3v) is 1.91. The molecule has 0 radical (unpaired) electrons. The van der Waals surface area contributed by atoms with Crippen molar-refractivity contribution in [3.63, 3.8) is 0 Å². The van der Waals surface area contributed by atoms with Crippen molar-refractivity contribution in [2.75, 3.05) is 19.3 Å². The monoisotopic (exact) mass is 251 g/mol. The van der Waals surface area contributed by atoms with E-state index in [1.807, 2.05) is 0 Å². The van der Waals surface area contributed by atoms with Crippen molar-refractivity contribution in [3.8, 4) is 0 Å². The lowest BCUT2D eigenvalue weighted by Gasteiger charge is -2.19. The minimum Gasteiger partial charge on any atom is -0.381 e. The first-order valence-corrected chi connectivity index (χ1v) is 4.44. The maximum Gasteiger partial charge on any atom is 0.406 e. The van der Waals surface area contributed by atoms with Crippen LogP contribution >= 0.6 is 0 Å². The molecule has 0 saturated heterocycles. The molecule has 0 aromatic carbocycles. The zero-order chi connectivity index (χ0) is 13.2. The summed E-state index contributed by atoms with van der Waals surface area (Å²) in [6, 6.07) is 0.973. The van der Waals surface area contributed by atoms with Gasteiger partial charge in [0.2, 0.25) is 0 Å². The van der Waals surface area contributed by atoms with Crippen LogP contribution in [-0.2, 0) is 0 Å². The van der Waals surface area contributed by atoms with Gasteiger partial charge in [0.15, 0.2) is 11.6 Å². The van der Waals surface area contributed by atoms with Gasteiger partial charge in [-0.1, -0.05) is 0 Å². The minimum absolute atomic E-state index is 0.359. The van der Waals surface area contributed by atoms with Crippen molar-refractivity contribution < 1.29 is 22.4 Å². The zero-order valence-corrected chi connectivity index (χ0v) is 8.75. The molecule has 0 fully saturated rings. The SMILES string of the molecule is CN(CC(F)(F)F)C(=O)c1ccnc(N)c1F. The zero-order valence-electron chi connectivity index (χ0n) is 8.75. The van der Waals surface area contributed by atoms with Crippen LogP contribution in [0.3, 0.4) is 0 Å². The van der Waals surface area contributed by atoms with Crippen LogP contribution < -0.4 is 5.73 Å². The number of nitrogen functional groups attached to an aromatic ring is 1. The number of pyridine rings is 1. The third kappa shape index (κ3) is 3.30. The van der Waals surface area contributed by atoms with Crippen molar-refractivity contribution in [3.05, 3.63) is 23.6 Å². The summed E-state index contributed by atoms with van der Waals surface area (Å²) >= 11 is 0. The van der Waals surface area contributed by atoms with Crippen molar-refractivity contribution in [1.82, 2.24) is 9.88 Å². The van der Waals surface area contributed by atoms with Crippen molar-refractivity contribution >= 4 is 11.7 Å². The third-order valence-electron chi connectivity index (χ3n) is 1.91. The van der Waals surface area contributed by atoms with Crippen LogP contribution in [0, 0.1) is 5.82 Å². The highest BCUT2D eigenvalue weighted by Gasteiger charge is 2.32. The van der Waals surface area contributed by atoms with Crippen LogP contribution in [0.25, 0.3) is 0 Å². The summed E-state index contributed by atoms with van der Waals surface area (Å²) in [5.74, 6) is -2.75. The maximum atomic E-state index is 13.3. The number of hydrogen-bond donors (Lipinski definition) is 1. The molecule has 94 valence electrons. The minimum atomic E-state index is -4.54. The standard InChI is InChI=1S/C9H9F4N3O/c1-16(4-9(11,12)13)8(17)5-2-3-15-7(14)6(5)10/h2-3H,4H2,1H3,(H2,14,15). The Morgan fingerprint density at radius 2 is 2.12 bits per heavy atom. The van der Waals surface area contributed by atoms with E-state index in [2.05, 4.69) is 4.98 Å². The number of rotatable bonds is 2. The molecule has 0 aliphatic heterocycles. The van der Waals surface area contributed by atoms with Gasteiger partial charge in [0, 0.05) is 13.2 Å². The molecule has 0 bridgehead atoms. The van der Waals surface area contributed by atoms with Gasteiger partial charge in [-0.3, -0.25) is 4.79 Å². The van der Waals surface area contributed by atoms with E-state index >= 15 is 0 Å². The second-order valence-corrected chi connectivity index (χ2v) is 3.33. The molecule has 1 heterocycles. The molecular weight excluding hydrogens is 242 g/mol. The molecule has 0 atom stereocenters. The van der Waals surface area contributed by atoms with Crippen LogP contribution in [0.1, 0.15) is 10.4 Å². The predicted molar refractivity (Wildman–Crippen MR) is 51.6 cm³/mol. The number of carbonyl (C=O) groups is 1. The van der Waals surface area contributed by atoms with E-state index in [4.69, 9.17) is 5.73 Å². The molecule has 8 heteroatoms. The Bertz CT molecular complexity index is 433. The maximum absolute atomic E-state index is 13.3. The van der Waals surface area contributed by atoms with Gasteiger partial charge >= 0.3 is 6.18 Å². The summed E-state index contributed by atoms with van der Waals surface area (Å²) in [6.07, 6.45) is -3.49. The highest BCUT2D eigenvalue weighted by atomic mass is 19.4. The number of amides is 1. The Hall–Kier alpha value is -1.86. The summed E-state index contributed by atoms with van der Waals surface area (Å²) in [6.45, 7) is -1.46. The van der Waals surface area contributed by atoms with Gasteiger partial charge in [-0.2, -0.15) is 13.2 Å². The first-order chi connectivity index (χ1) is 7.72. The number of nitrogens with zero attached hydrogens (tertiary/aromatic N) is 2. The second kappa shape index (κ2) is 4.56. The summed E-state index contributed by atoms with van der Waals surface area (Å²) in [5.41, 5.74) is 4.57. The Labute approximate surface area is 94.0 Å². The summed E-state index contributed by atoms with van der Waals surface area (Å²) in [4.78, 5) is 15.2. The Morgan fingerprint density at radius 3 is 2.65 bits per heavy atom. The summed E-state index contributed by atoms with van der Waals surface area (Å²) < 4.78 is 49.4. The normalized spacial score (nSPS) is 11.4. The smallest absolute Gasteiger partial charge is 0.381 e. The summed E-state index contributed by atoms with van der Waals surface area (Å²) in [5, 5.41) is 0. The number of halogens is 4. The molecule has 1 aromatic rings. The molecule has 4 nitrogen and oxygen atoms in total. The van der Waals surface area contributed by atoms with Crippen LogP contribution in [0.5, 0.6) is 0 Å². The first-order valence-electron chi connectivity index (χ1n) is 4.44. The lowest BCUT2D eigenvalue weighted by Crippen LogP contribution is -2.36. The molecule has 17 heavy (non-hydrogen) atoms. The largest absolute Gasteiger partial charge is 0.406 e. The van der Waals surface area contributed by atoms with Crippen molar-refractivity contribution in [2.24, 2.45) is 0 Å². The van der Waals surface area contributed by atoms with Gasteiger partial charge < -0.3 is 10.6 Å². The van der Waals surface area contributed by atoms with E-state index in [0.717, 1.165) is 19.3 Å². The summed E-state index contributed by atoms with van der Waals surface area (Å²) in [7, 11) is 0.923. The van der Waals surface area contributed by atoms with Crippen LogP contribution in [0.2, 0.25) is 0 Å². The number of nitrogens with two attached hydrogens (primary N) is 1. The average molecular weight is 251 g/mol. The Morgan fingerprint density at radius 1 is 1.53 bits per heavy atom. The van der Waals surface area contributed by atoms with Crippen LogP contribution in [0.15, 0.2) is 12.3 Å². The highest BCUT2D eigenvalue weighted by Crippen LogP contribution is 2.19. The van der Waals surface area contributed by atoms with E-state index in [9.17, 15) is 22.4 Å². The molecule has 0 aliphatic carbocycles. The van der Waals surface area contributed by atoms with Gasteiger partial charge in [-0.05, 0) is 6.07 Å². The fraction of sp³-hybridized carbons (Fsp3) is 0.333. The van der Waals surface area contributed by atoms with Gasteiger partial charge in [-0.25, -0.2) is 9.37 Å². The van der Waals surface area contributed by atoms with E-state index < -0.39 is 35.8 Å². The molecular formula is C9H9F4N3O. The molecule has 0 aliphatic rings. The van der Waals surface area contributed by atoms with Crippen LogP contribution in [-0.4, -0.2) is 35.6 Å². The number of hydrogen-bond acceptors (Lipinski definition) is 3. The van der Waals surface area contributed by atoms with Gasteiger partial charge in [-0.15, -0.1) is 0 Å². The molecule has 0 unspecified atom stereocenters. The molecule has 0 saturated carbocycles. The van der Waals surface area contributed by atoms with Crippen LogP contribution in [0.4, 0.5) is 23.4 Å². The molecule has 1 aromatic heterocycles. The lowest BCUT2D eigenvalue weighted by atomic mass is 10.2. The van der Waals surface area contributed by atoms with Gasteiger partial charge in [0.1, 0.15) is 6.54 Å². The fourth-order valence-electron chi connectivity index (χ4n) is 1.17. The van der Waals surface area contributed by atoms with E-state index in [0.29, 0.717) is 4.90 Å². The predicted octanol–water partition coefficient (Wildman–Crippen LogP) is 1.44. The quantitative estimate of drug-likeness (QED) is 0.809. The average Bonchev–Trinajstić information content (AvgIpc) is 2.18. The molecule has 1 rings (SSSR count). The topological polar surface area (TPSA) is 59.2 Å². The fourth-order valence-corrected chi connectivity index (χ4v) is 1.17. The number of anilines is 1. The van der Waals surface area contributed by atoms with Crippen molar-refractivity contribution in [2.45, 2.75) is 6.18 Å². The number of carbonyl (C=O) groups excluding carboxylic acids is 1. The Kier molecular flexibility index (Phi) is 3.54. The Balaban J connectivity index is 2.93. The second-order valence-electron chi connectivity index (χ2n) is 3.33. The van der Waals surface area contributed by atoms with E-state index in [1.165, 1.54) is 0 Å². The van der Waals surface area contributed by atoms with Crippen molar-refractivity contribution in [1.29, 1.82) is 0 Å². The van der Waals surface area contributed by atoms with Gasteiger partial charge in [0.25, 0.3) is 5.91 Å². The molecule has 1 amide bonds. The van der Waals surface area contributed by atoms with E-state index in [1.54, 1.807) is 0 Å². The van der Waals surface area contributed by atoms with E-state index in [-0.39, 0.29) is 0 Å². The lowest BCUT2D eigenvalue weighted by molar-refractivity contribution is -0.138. The molecule has 2 N–H and O–H groups in total. The highest BCUT2D eigenvalue weighted by molar-refractivity contribution is 5.94.